The van der Waals surface area contributed by atoms with Crippen molar-refractivity contribution in [1.82, 2.24) is 24.6 Å². The standard InChI is InChI=1S/C20H21N5O/c1-15-13-24(20(26)17-9-5-6-12-21-17)14-19-23-22-18(25(15)19)11-10-16-7-3-2-4-8-16/h2-9,12,15H,10-11,13-14H2,1H3/t15-/m0/s1. The van der Waals surface area contributed by atoms with E-state index in [1.165, 1.54) is 5.56 Å². The molecule has 0 saturated carbocycles. The van der Waals surface area contributed by atoms with E-state index in [0.29, 0.717) is 18.8 Å². The maximum atomic E-state index is 12.7. The first-order chi connectivity index (χ1) is 12.7. The third kappa shape index (κ3) is 3.22. The predicted molar refractivity (Wildman–Crippen MR) is 97.6 cm³/mol. The van der Waals surface area contributed by atoms with Gasteiger partial charge < -0.3 is 9.47 Å². The highest BCUT2D eigenvalue weighted by Crippen LogP contribution is 2.23. The second kappa shape index (κ2) is 7.07. The number of aryl methyl sites for hydroxylation is 2. The molecule has 0 spiro atoms. The van der Waals surface area contributed by atoms with E-state index >= 15 is 0 Å². The molecule has 0 radical (unpaired) electrons. The van der Waals surface area contributed by atoms with E-state index in [0.717, 1.165) is 24.5 Å². The minimum atomic E-state index is -0.0578. The highest BCUT2D eigenvalue weighted by atomic mass is 16.2. The van der Waals surface area contributed by atoms with Gasteiger partial charge in [0.2, 0.25) is 0 Å². The van der Waals surface area contributed by atoms with Crippen LogP contribution in [-0.2, 0) is 19.4 Å². The Morgan fingerprint density at radius 2 is 1.88 bits per heavy atom. The van der Waals surface area contributed by atoms with Crippen molar-refractivity contribution in [2.45, 2.75) is 32.4 Å². The third-order valence-corrected chi connectivity index (χ3v) is 4.75. The zero-order valence-electron chi connectivity index (χ0n) is 14.7. The number of fused-ring (bicyclic) bond motifs is 1. The summed E-state index contributed by atoms with van der Waals surface area (Å²) in [5.41, 5.74) is 1.76. The number of carbonyl (C=O) groups excluding carboxylic acids is 1. The molecule has 3 heterocycles. The molecule has 4 rings (SSSR count). The Morgan fingerprint density at radius 3 is 2.65 bits per heavy atom. The van der Waals surface area contributed by atoms with Gasteiger partial charge in [-0.1, -0.05) is 36.4 Å². The first kappa shape index (κ1) is 16.4. The highest BCUT2D eigenvalue weighted by Gasteiger charge is 2.29. The van der Waals surface area contributed by atoms with E-state index in [2.05, 4.69) is 50.9 Å². The van der Waals surface area contributed by atoms with E-state index in [9.17, 15) is 4.79 Å². The van der Waals surface area contributed by atoms with Gasteiger partial charge in [-0.15, -0.1) is 10.2 Å². The summed E-state index contributed by atoms with van der Waals surface area (Å²) in [4.78, 5) is 18.7. The van der Waals surface area contributed by atoms with Gasteiger partial charge in [0.15, 0.2) is 5.82 Å². The molecule has 132 valence electrons. The van der Waals surface area contributed by atoms with Crippen LogP contribution in [0.5, 0.6) is 0 Å². The van der Waals surface area contributed by atoms with Crippen molar-refractivity contribution in [2.75, 3.05) is 6.54 Å². The fourth-order valence-corrected chi connectivity index (χ4v) is 3.49. The van der Waals surface area contributed by atoms with E-state index in [1.54, 1.807) is 17.2 Å². The molecular formula is C20H21N5O. The Labute approximate surface area is 152 Å². The SMILES string of the molecule is C[C@H]1CN(C(=O)c2ccccn2)Cc2nnc(CCc3ccccc3)n21. The molecule has 0 bridgehead atoms. The molecule has 3 aromatic rings. The van der Waals surface area contributed by atoms with Crippen LogP contribution in [0.15, 0.2) is 54.7 Å². The summed E-state index contributed by atoms with van der Waals surface area (Å²) in [6.45, 7) is 3.22. The molecule has 0 saturated heterocycles. The van der Waals surface area contributed by atoms with Gasteiger partial charge in [0.05, 0.1) is 12.6 Å². The van der Waals surface area contributed by atoms with Crippen LogP contribution in [0.4, 0.5) is 0 Å². The molecule has 0 fully saturated rings. The minimum Gasteiger partial charge on any atom is -0.328 e. The zero-order valence-corrected chi connectivity index (χ0v) is 14.7. The van der Waals surface area contributed by atoms with Gasteiger partial charge in [-0.05, 0) is 31.0 Å². The van der Waals surface area contributed by atoms with E-state index in [-0.39, 0.29) is 11.9 Å². The molecule has 0 aliphatic carbocycles. The maximum absolute atomic E-state index is 12.7. The number of carbonyl (C=O) groups is 1. The topological polar surface area (TPSA) is 63.9 Å². The molecule has 6 heteroatoms. The summed E-state index contributed by atoms with van der Waals surface area (Å²) in [6, 6.07) is 15.9. The quantitative estimate of drug-likeness (QED) is 0.728. The van der Waals surface area contributed by atoms with Crippen molar-refractivity contribution in [1.29, 1.82) is 0 Å². The minimum absolute atomic E-state index is 0.0578. The number of benzene rings is 1. The second-order valence-electron chi connectivity index (χ2n) is 6.64. The monoisotopic (exact) mass is 347 g/mol. The summed E-state index contributed by atoms with van der Waals surface area (Å²) >= 11 is 0. The number of amides is 1. The van der Waals surface area contributed by atoms with E-state index in [1.807, 2.05) is 18.2 Å². The lowest BCUT2D eigenvalue weighted by Crippen LogP contribution is -2.41. The van der Waals surface area contributed by atoms with Crippen LogP contribution in [0, 0.1) is 0 Å². The Morgan fingerprint density at radius 1 is 1.08 bits per heavy atom. The van der Waals surface area contributed by atoms with Crippen LogP contribution in [-0.4, -0.2) is 37.1 Å². The summed E-state index contributed by atoms with van der Waals surface area (Å²) in [5.74, 6) is 1.77. The first-order valence-corrected chi connectivity index (χ1v) is 8.89. The summed E-state index contributed by atoms with van der Waals surface area (Å²) < 4.78 is 2.19. The molecule has 1 aliphatic heterocycles. The average molecular weight is 347 g/mol. The largest absolute Gasteiger partial charge is 0.328 e. The van der Waals surface area contributed by atoms with Crippen LogP contribution in [0.1, 0.15) is 40.7 Å². The van der Waals surface area contributed by atoms with Crippen LogP contribution in [0.25, 0.3) is 0 Å². The number of hydrogen-bond acceptors (Lipinski definition) is 4. The van der Waals surface area contributed by atoms with Gasteiger partial charge in [-0.25, -0.2) is 0 Å². The van der Waals surface area contributed by atoms with Gasteiger partial charge >= 0.3 is 0 Å². The number of aromatic nitrogens is 4. The predicted octanol–water partition coefficient (Wildman–Crippen LogP) is 2.68. The molecule has 0 N–H and O–H groups in total. The second-order valence-corrected chi connectivity index (χ2v) is 6.64. The molecule has 1 aliphatic rings. The van der Waals surface area contributed by atoms with Gasteiger partial charge in [0.1, 0.15) is 11.5 Å². The maximum Gasteiger partial charge on any atom is 0.272 e. The Bertz CT molecular complexity index is 891. The van der Waals surface area contributed by atoms with Crippen LogP contribution < -0.4 is 0 Å². The fourth-order valence-electron chi connectivity index (χ4n) is 3.49. The molecule has 1 atom stereocenters. The number of pyridine rings is 1. The number of rotatable bonds is 4. The molecular weight excluding hydrogens is 326 g/mol. The summed E-state index contributed by atoms with van der Waals surface area (Å²) in [7, 11) is 0. The molecule has 0 unspecified atom stereocenters. The lowest BCUT2D eigenvalue weighted by atomic mass is 10.1. The molecule has 26 heavy (non-hydrogen) atoms. The van der Waals surface area contributed by atoms with Crippen molar-refractivity contribution in [3.8, 4) is 0 Å². The molecule has 6 nitrogen and oxygen atoms in total. The van der Waals surface area contributed by atoms with Gasteiger partial charge in [-0.2, -0.15) is 0 Å². The molecule has 2 aromatic heterocycles. The third-order valence-electron chi connectivity index (χ3n) is 4.75. The van der Waals surface area contributed by atoms with Gasteiger partial charge in [0, 0.05) is 19.2 Å². The van der Waals surface area contributed by atoms with E-state index in [4.69, 9.17) is 0 Å². The Balaban J connectivity index is 1.50. The summed E-state index contributed by atoms with van der Waals surface area (Å²) in [6.07, 6.45) is 3.42. The highest BCUT2D eigenvalue weighted by molar-refractivity contribution is 5.92. The van der Waals surface area contributed by atoms with Crippen molar-refractivity contribution < 1.29 is 4.79 Å². The Hall–Kier alpha value is -3.02. The summed E-state index contributed by atoms with van der Waals surface area (Å²) in [5, 5.41) is 8.73. The van der Waals surface area contributed by atoms with Gasteiger partial charge in [-0.3, -0.25) is 9.78 Å². The molecule has 1 aromatic carbocycles. The number of nitrogens with zero attached hydrogens (tertiary/aromatic N) is 5. The van der Waals surface area contributed by atoms with E-state index < -0.39 is 0 Å². The van der Waals surface area contributed by atoms with Crippen molar-refractivity contribution in [3.05, 3.63) is 77.6 Å². The number of hydrogen-bond donors (Lipinski definition) is 0. The van der Waals surface area contributed by atoms with Crippen molar-refractivity contribution in [2.24, 2.45) is 0 Å². The van der Waals surface area contributed by atoms with Crippen LogP contribution in [0.3, 0.4) is 0 Å². The zero-order chi connectivity index (χ0) is 17.9. The lowest BCUT2D eigenvalue weighted by Gasteiger charge is -2.32. The molecule has 1 amide bonds. The Kier molecular flexibility index (Phi) is 4.48. The smallest absolute Gasteiger partial charge is 0.272 e. The lowest BCUT2D eigenvalue weighted by molar-refractivity contribution is 0.0673. The van der Waals surface area contributed by atoms with Crippen LogP contribution >= 0.6 is 0 Å². The van der Waals surface area contributed by atoms with Crippen molar-refractivity contribution >= 4 is 5.91 Å². The van der Waals surface area contributed by atoms with Gasteiger partial charge in [0.25, 0.3) is 5.91 Å². The average Bonchev–Trinajstić information content (AvgIpc) is 3.11. The first-order valence-electron chi connectivity index (χ1n) is 8.89. The normalized spacial score (nSPS) is 16.3. The van der Waals surface area contributed by atoms with Crippen LogP contribution in [0.2, 0.25) is 0 Å². The fraction of sp³-hybridized carbons (Fsp3) is 0.300. The van der Waals surface area contributed by atoms with Crippen molar-refractivity contribution in [3.63, 3.8) is 0 Å².